The number of aromatic nitrogens is 2. The third-order valence-corrected chi connectivity index (χ3v) is 3.56. The summed E-state index contributed by atoms with van der Waals surface area (Å²) in [6.45, 7) is 0. The molecule has 1 heterocycles. The monoisotopic (exact) mass is 297 g/mol. The van der Waals surface area contributed by atoms with Crippen LogP contribution in [0.5, 0.6) is 0 Å². The molecule has 6 heteroatoms. The lowest BCUT2D eigenvalue weighted by atomic mass is 9.95. The number of carbonyl (C=O) groups excluding carboxylic acids is 2. The fourth-order valence-corrected chi connectivity index (χ4v) is 2.41. The van der Waals surface area contributed by atoms with E-state index < -0.39 is 5.97 Å². The van der Waals surface area contributed by atoms with Crippen LogP contribution >= 0.6 is 0 Å². The molecule has 1 aliphatic rings. The molecule has 1 amide bonds. The van der Waals surface area contributed by atoms with Gasteiger partial charge in [-0.25, -0.2) is 4.79 Å². The molecule has 1 aliphatic carbocycles. The number of rotatable bonds is 3. The van der Waals surface area contributed by atoms with Crippen LogP contribution in [0.1, 0.15) is 38.4 Å². The Hall–Kier alpha value is -2.89. The standard InChI is InChI=1S/C16H15N3O3/c1-22-16(21)14-13(9-17-19-14)18-15(20)12-7-6-10-4-2-3-5-11(10)8-12/h2,4,6-9H,3,5H2,1H3,(H,17,19)(H,18,20). The summed E-state index contributed by atoms with van der Waals surface area (Å²) in [5.41, 5.74) is 3.26. The number of benzene rings is 1. The van der Waals surface area contributed by atoms with Crippen molar-refractivity contribution < 1.29 is 14.3 Å². The zero-order valence-electron chi connectivity index (χ0n) is 12.1. The lowest BCUT2D eigenvalue weighted by molar-refractivity contribution is 0.0595. The van der Waals surface area contributed by atoms with Crippen LogP contribution in [-0.4, -0.2) is 29.2 Å². The van der Waals surface area contributed by atoms with E-state index in [1.54, 1.807) is 6.07 Å². The van der Waals surface area contributed by atoms with Gasteiger partial charge in [-0.2, -0.15) is 5.10 Å². The molecule has 2 N–H and O–H groups in total. The van der Waals surface area contributed by atoms with E-state index in [4.69, 9.17) is 0 Å². The third kappa shape index (κ3) is 2.63. The lowest BCUT2D eigenvalue weighted by Gasteiger charge is -2.12. The molecular weight excluding hydrogens is 282 g/mol. The van der Waals surface area contributed by atoms with E-state index in [0.717, 1.165) is 24.0 Å². The number of aryl methyl sites for hydroxylation is 1. The number of esters is 1. The summed E-state index contributed by atoms with van der Waals surface area (Å²) in [6, 6.07) is 5.57. The summed E-state index contributed by atoms with van der Waals surface area (Å²) in [6.07, 6.45) is 7.46. The zero-order chi connectivity index (χ0) is 15.5. The normalized spacial score (nSPS) is 12.6. The highest BCUT2D eigenvalue weighted by atomic mass is 16.5. The first-order valence-corrected chi connectivity index (χ1v) is 6.91. The largest absolute Gasteiger partial charge is 0.464 e. The molecule has 0 aliphatic heterocycles. The average molecular weight is 297 g/mol. The number of nitrogens with zero attached hydrogens (tertiary/aromatic N) is 1. The maximum Gasteiger partial charge on any atom is 0.358 e. The van der Waals surface area contributed by atoms with Crippen LogP contribution in [0.2, 0.25) is 0 Å². The van der Waals surface area contributed by atoms with Gasteiger partial charge >= 0.3 is 5.97 Å². The summed E-state index contributed by atoms with van der Waals surface area (Å²) in [4.78, 5) is 23.9. The molecule has 0 saturated heterocycles. The van der Waals surface area contributed by atoms with E-state index in [0.29, 0.717) is 11.3 Å². The Morgan fingerprint density at radius 2 is 2.23 bits per heavy atom. The van der Waals surface area contributed by atoms with Crippen molar-refractivity contribution in [2.24, 2.45) is 0 Å². The number of H-pyrrole nitrogens is 1. The number of carbonyl (C=O) groups is 2. The SMILES string of the molecule is COC(=O)c1[nH]ncc1NC(=O)c1ccc2c(c1)CCC=C2. The van der Waals surface area contributed by atoms with Gasteiger partial charge in [0.25, 0.3) is 5.91 Å². The molecule has 0 bridgehead atoms. The predicted molar refractivity (Wildman–Crippen MR) is 81.7 cm³/mol. The number of methoxy groups -OCH3 is 1. The molecule has 0 unspecified atom stereocenters. The second kappa shape index (κ2) is 5.85. The highest BCUT2D eigenvalue weighted by Gasteiger charge is 2.17. The minimum atomic E-state index is -0.580. The van der Waals surface area contributed by atoms with E-state index in [-0.39, 0.29) is 11.6 Å². The number of nitrogens with one attached hydrogen (secondary N) is 2. The molecule has 0 spiro atoms. The first kappa shape index (κ1) is 14.1. The molecule has 2 aromatic rings. The number of ether oxygens (including phenoxy) is 1. The van der Waals surface area contributed by atoms with Crippen LogP contribution in [0, 0.1) is 0 Å². The number of fused-ring (bicyclic) bond motifs is 1. The molecule has 1 aromatic heterocycles. The first-order chi connectivity index (χ1) is 10.7. The summed E-state index contributed by atoms with van der Waals surface area (Å²) >= 11 is 0. The van der Waals surface area contributed by atoms with Crippen molar-refractivity contribution in [1.29, 1.82) is 0 Å². The lowest BCUT2D eigenvalue weighted by Crippen LogP contribution is -2.15. The number of anilines is 1. The first-order valence-electron chi connectivity index (χ1n) is 6.91. The topological polar surface area (TPSA) is 84.1 Å². The number of hydrogen-bond acceptors (Lipinski definition) is 4. The number of aromatic amines is 1. The van der Waals surface area contributed by atoms with Gasteiger partial charge in [0.1, 0.15) is 0 Å². The molecule has 6 nitrogen and oxygen atoms in total. The highest BCUT2D eigenvalue weighted by molar-refractivity contribution is 6.07. The Kier molecular flexibility index (Phi) is 3.74. The minimum absolute atomic E-state index is 0.122. The van der Waals surface area contributed by atoms with E-state index >= 15 is 0 Å². The molecule has 0 fully saturated rings. The van der Waals surface area contributed by atoms with Gasteiger partial charge in [0, 0.05) is 5.56 Å². The zero-order valence-corrected chi connectivity index (χ0v) is 12.1. The smallest absolute Gasteiger partial charge is 0.358 e. The van der Waals surface area contributed by atoms with Gasteiger partial charge in [0.15, 0.2) is 5.69 Å². The van der Waals surface area contributed by atoms with Crippen molar-refractivity contribution in [3.63, 3.8) is 0 Å². The fraction of sp³-hybridized carbons (Fsp3) is 0.188. The fourth-order valence-electron chi connectivity index (χ4n) is 2.41. The second-order valence-electron chi connectivity index (χ2n) is 4.96. The van der Waals surface area contributed by atoms with Gasteiger partial charge in [-0.3, -0.25) is 9.89 Å². The van der Waals surface area contributed by atoms with Gasteiger partial charge in [-0.05, 0) is 36.1 Å². The number of amides is 1. The molecule has 22 heavy (non-hydrogen) atoms. The molecule has 0 atom stereocenters. The van der Waals surface area contributed by atoms with Crippen LogP contribution in [0.4, 0.5) is 5.69 Å². The van der Waals surface area contributed by atoms with Crippen molar-refractivity contribution >= 4 is 23.6 Å². The van der Waals surface area contributed by atoms with Crippen molar-refractivity contribution in [3.8, 4) is 0 Å². The summed E-state index contributed by atoms with van der Waals surface area (Å²) in [5.74, 6) is -0.868. The molecular formula is C16H15N3O3. The Bertz CT molecular complexity index is 762. The van der Waals surface area contributed by atoms with Crippen LogP contribution in [0.3, 0.4) is 0 Å². The maximum atomic E-state index is 12.3. The van der Waals surface area contributed by atoms with Crippen molar-refractivity contribution in [2.75, 3.05) is 12.4 Å². The molecule has 0 radical (unpaired) electrons. The molecule has 3 rings (SSSR count). The van der Waals surface area contributed by atoms with E-state index in [2.05, 4.69) is 32.4 Å². The van der Waals surface area contributed by atoms with Crippen LogP contribution in [0.25, 0.3) is 6.08 Å². The van der Waals surface area contributed by atoms with Gasteiger partial charge in [-0.15, -0.1) is 0 Å². The van der Waals surface area contributed by atoms with Crippen LogP contribution in [-0.2, 0) is 11.2 Å². The Labute approximate surface area is 127 Å². The van der Waals surface area contributed by atoms with Crippen LogP contribution < -0.4 is 5.32 Å². The van der Waals surface area contributed by atoms with Crippen LogP contribution in [0.15, 0.2) is 30.5 Å². The molecule has 112 valence electrons. The average Bonchev–Trinajstić information content (AvgIpc) is 3.01. The number of hydrogen-bond donors (Lipinski definition) is 2. The van der Waals surface area contributed by atoms with E-state index in [1.807, 2.05) is 12.1 Å². The van der Waals surface area contributed by atoms with E-state index in [1.165, 1.54) is 13.3 Å². The van der Waals surface area contributed by atoms with Crippen molar-refractivity contribution in [2.45, 2.75) is 12.8 Å². The maximum absolute atomic E-state index is 12.3. The molecule has 0 saturated carbocycles. The van der Waals surface area contributed by atoms with Gasteiger partial charge < -0.3 is 10.1 Å². The molecule has 1 aromatic carbocycles. The van der Waals surface area contributed by atoms with Gasteiger partial charge in [0.2, 0.25) is 0 Å². The Morgan fingerprint density at radius 3 is 3.05 bits per heavy atom. The second-order valence-corrected chi connectivity index (χ2v) is 4.96. The number of allylic oxidation sites excluding steroid dienone is 1. The Morgan fingerprint density at radius 1 is 1.36 bits per heavy atom. The summed E-state index contributed by atoms with van der Waals surface area (Å²) < 4.78 is 4.63. The minimum Gasteiger partial charge on any atom is -0.464 e. The third-order valence-electron chi connectivity index (χ3n) is 3.56. The van der Waals surface area contributed by atoms with Gasteiger partial charge in [0.05, 0.1) is 19.0 Å². The quantitative estimate of drug-likeness (QED) is 0.852. The summed E-state index contributed by atoms with van der Waals surface area (Å²) in [7, 11) is 1.27. The van der Waals surface area contributed by atoms with Crippen molar-refractivity contribution in [1.82, 2.24) is 10.2 Å². The summed E-state index contributed by atoms with van der Waals surface area (Å²) in [5, 5.41) is 8.95. The highest BCUT2D eigenvalue weighted by Crippen LogP contribution is 2.21. The van der Waals surface area contributed by atoms with Gasteiger partial charge in [-0.1, -0.05) is 18.2 Å². The van der Waals surface area contributed by atoms with E-state index in [9.17, 15) is 9.59 Å². The Balaban J connectivity index is 1.82. The van der Waals surface area contributed by atoms with Crippen molar-refractivity contribution in [3.05, 3.63) is 52.9 Å². The predicted octanol–water partition coefficient (Wildman–Crippen LogP) is 2.41.